The Hall–Kier alpha value is -2.22. The molecule has 2 heteroatoms. The van der Waals surface area contributed by atoms with Gasteiger partial charge in [-0.25, -0.2) is 0 Å². The Morgan fingerprint density at radius 1 is 0.944 bits per heavy atom. The average Bonchev–Trinajstić information content (AvgIpc) is 2.80. The number of ether oxygens (including phenoxy) is 1. The van der Waals surface area contributed by atoms with E-state index in [0.29, 0.717) is 0 Å². The smallest absolute Gasteiger partial charge is 0.118 e. The molecule has 3 rings (SSSR count). The minimum Gasteiger partial charge on any atom is -0.497 e. The molecular weight excluding hydrogens is 222 g/mol. The summed E-state index contributed by atoms with van der Waals surface area (Å²) in [7, 11) is 1.68. The zero-order valence-electron chi connectivity index (χ0n) is 10.5. The van der Waals surface area contributed by atoms with Gasteiger partial charge in [-0.15, -0.1) is 0 Å². The third-order valence-electron chi connectivity index (χ3n) is 3.31. The molecule has 2 nitrogen and oxygen atoms in total. The van der Waals surface area contributed by atoms with Gasteiger partial charge in [0.25, 0.3) is 0 Å². The molecule has 3 aromatic rings. The van der Waals surface area contributed by atoms with Gasteiger partial charge in [0, 0.05) is 17.1 Å². The SMILES string of the molecule is COc1ccc(-c2ccc3c(C)c[nH]c3c2)cc1. The van der Waals surface area contributed by atoms with Gasteiger partial charge in [-0.3, -0.25) is 0 Å². The van der Waals surface area contributed by atoms with Gasteiger partial charge in [0.2, 0.25) is 0 Å². The van der Waals surface area contributed by atoms with Crippen molar-refractivity contribution in [3.8, 4) is 16.9 Å². The molecule has 0 radical (unpaired) electrons. The van der Waals surface area contributed by atoms with Gasteiger partial charge in [0.05, 0.1) is 7.11 Å². The molecule has 0 amide bonds. The van der Waals surface area contributed by atoms with Crippen LogP contribution in [0.1, 0.15) is 5.56 Å². The lowest BCUT2D eigenvalue weighted by molar-refractivity contribution is 0.415. The van der Waals surface area contributed by atoms with Crippen LogP contribution in [0.3, 0.4) is 0 Å². The monoisotopic (exact) mass is 237 g/mol. The van der Waals surface area contributed by atoms with E-state index in [-0.39, 0.29) is 0 Å². The van der Waals surface area contributed by atoms with Gasteiger partial charge in [-0.2, -0.15) is 0 Å². The highest BCUT2D eigenvalue weighted by molar-refractivity contribution is 5.87. The summed E-state index contributed by atoms with van der Waals surface area (Å²) in [5.41, 5.74) is 4.88. The van der Waals surface area contributed by atoms with E-state index in [2.05, 4.69) is 42.2 Å². The molecule has 0 aliphatic carbocycles. The zero-order chi connectivity index (χ0) is 12.5. The van der Waals surface area contributed by atoms with E-state index >= 15 is 0 Å². The molecule has 1 N–H and O–H groups in total. The summed E-state index contributed by atoms with van der Waals surface area (Å²) in [6.45, 7) is 2.12. The van der Waals surface area contributed by atoms with Crippen LogP contribution in [-0.4, -0.2) is 12.1 Å². The minimum absolute atomic E-state index is 0.885. The first-order chi connectivity index (χ1) is 8.78. The first kappa shape index (κ1) is 10.9. The van der Waals surface area contributed by atoms with Crippen molar-refractivity contribution in [2.24, 2.45) is 0 Å². The molecule has 0 fully saturated rings. The maximum atomic E-state index is 5.17. The van der Waals surface area contributed by atoms with Crippen LogP contribution in [0.25, 0.3) is 22.0 Å². The summed E-state index contributed by atoms with van der Waals surface area (Å²) >= 11 is 0. The fraction of sp³-hybridized carbons (Fsp3) is 0.125. The van der Waals surface area contributed by atoms with Crippen molar-refractivity contribution in [2.75, 3.05) is 7.11 Å². The van der Waals surface area contributed by atoms with Gasteiger partial charge < -0.3 is 9.72 Å². The summed E-state index contributed by atoms with van der Waals surface area (Å²) in [6, 6.07) is 14.6. The number of aromatic nitrogens is 1. The number of fused-ring (bicyclic) bond motifs is 1. The fourth-order valence-corrected chi connectivity index (χ4v) is 2.23. The Bertz CT molecular complexity index is 680. The van der Waals surface area contributed by atoms with Gasteiger partial charge in [-0.05, 0) is 41.8 Å². The zero-order valence-corrected chi connectivity index (χ0v) is 10.5. The van der Waals surface area contributed by atoms with Crippen LogP contribution in [-0.2, 0) is 0 Å². The summed E-state index contributed by atoms with van der Waals surface area (Å²) in [5, 5.41) is 1.28. The maximum Gasteiger partial charge on any atom is 0.118 e. The normalized spacial score (nSPS) is 10.8. The van der Waals surface area contributed by atoms with Crippen molar-refractivity contribution in [3.63, 3.8) is 0 Å². The number of aryl methyl sites for hydroxylation is 1. The van der Waals surface area contributed by atoms with Crippen LogP contribution in [0.15, 0.2) is 48.7 Å². The quantitative estimate of drug-likeness (QED) is 0.711. The van der Waals surface area contributed by atoms with E-state index in [1.54, 1.807) is 7.11 Å². The lowest BCUT2D eigenvalue weighted by atomic mass is 10.0. The van der Waals surface area contributed by atoms with Gasteiger partial charge in [0.1, 0.15) is 5.75 Å². The second-order valence-corrected chi connectivity index (χ2v) is 4.46. The lowest BCUT2D eigenvalue weighted by Gasteiger charge is -2.04. The molecule has 0 bridgehead atoms. The van der Waals surface area contributed by atoms with Crippen LogP contribution in [0, 0.1) is 6.92 Å². The van der Waals surface area contributed by atoms with Crippen molar-refractivity contribution < 1.29 is 4.74 Å². The number of hydrogen-bond donors (Lipinski definition) is 1. The third kappa shape index (κ3) is 1.76. The van der Waals surface area contributed by atoms with Crippen molar-refractivity contribution in [1.82, 2.24) is 4.98 Å². The summed E-state index contributed by atoms with van der Waals surface area (Å²) in [6.07, 6.45) is 2.04. The Morgan fingerprint density at radius 2 is 1.67 bits per heavy atom. The van der Waals surface area contributed by atoms with Crippen LogP contribution in [0.4, 0.5) is 0 Å². The predicted octanol–water partition coefficient (Wildman–Crippen LogP) is 4.15. The molecular formula is C16H15NO. The highest BCUT2D eigenvalue weighted by atomic mass is 16.5. The number of H-pyrrole nitrogens is 1. The number of hydrogen-bond acceptors (Lipinski definition) is 1. The van der Waals surface area contributed by atoms with E-state index < -0.39 is 0 Å². The molecule has 1 heterocycles. The summed E-state index contributed by atoms with van der Waals surface area (Å²) < 4.78 is 5.17. The average molecular weight is 237 g/mol. The second-order valence-electron chi connectivity index (χ2n) is 4.46. The van der Waals surface area contributed by atoms with Crippen LogP contribution in [0.2, 0.25) is 0 Å². The van der Waals surface area contributed by atoms with Crippen LogP contribution in [0.5, 0.6) is 5.75 Å². The molecule has 18 heavy (non-hydrogen) atoms. The highest BCUT2D eigenvalue weighted by Gasteiger charge is 2.03. The number of aromatic amines is 1. The Morgan fingerprint density at radius 3 is 2.39 bits per heavy atom. The number of methoxy groups -OCH3 is 1. The van der Waals surface area contributed by atoms with Crippen LogP contribution >= 0.6 is 0 Å². The Kier molecular flexibility index (Phi) is 2.56. The number of benzene rings is 2. The molecule has 0 atom stereocenters. The predicted molar refractivity (Wildman–Crippen MR) is 75.0 cm³/mol. The van der Waals surface area contributed by atoms with E-state index in [4.69, 9.17) is 4.74 Å². The topological polar surface area (TPSA) is 25.0 Å². The molecule has 0 unspecified atom stereocenters. The van der Waals surface area contributed by atoms with Crippen molar-refractivity contribution in [2.45, 2.75) is 6.92 Å². The molecule has 0 saturated heterocycles. The lowest BCUT2D eigenvalue weighted by Crippen LogP contribution is -1.83. The molecule has 0 saturated carbocycles. The number of rotatable bonds is 2. The third-order valence-corrected chi connectivity index (χ3v) is 3.31. The molecule has 0 spiro atoms. The summed E-state index contributed by atoms with van der Waals surface area (Å²) in [5.74, 6) is 0.885. The van der Waals surface area contributed by atoms with E-state index in [1.165, 1.54) is 27.6 Å². The molecule has 0 aliphatic rings. The fourth-order valence-electron chi connectivity index (χ4n) is 2.23. The van der Waals surface area contributed by atoms with E-state index in [9.17, 15) is 0 Å². The van der Waals surface area contributed by atoms with Crippen molar-refractivity contribution in [3.05, 3.63) is 54.2 Å². The largest absolute Gasteiger partial charge is 0.497 e. The Labute approximate surface area is 106 Å². The second kappa shape index (κ2) is 4.22. The minimum atomic E-state index is 0.885. The van der Waals surface area contributed by atoms with E-state index in [1.807, 2.05) is 18.3 Å². The Balaban J connectivity index is 2.07. The molecule has 0 aliphatic heterocycles. The van der Waals surface area contributed by atoms with E-state index in [0.717, 1.165) is 5.75 Å². The first-order valence-electron chi connectivity index (χ1n) is 6.00. The summed E-state index contributed by atoms with van der Waals surface area (Å²) in [4.78, 5) is 3.30. The van der Waals surface area contributed by atoms with Gasteiger partial charge >= 0.3 is 0 Å². The molecule has 90 valence electrons. The van der Waals surface area contributed by atoms with Crippen molar-refractivity contribution >= 4 is 10.9 Å². The standard InChI is InChI=1S/C16H15NO/c1-11-10-17-16-9-13(5-8-15(11)16)12-3-6-14(18-2)7-4-12/h3-10,17H,1-2H3. The highest BCUT2D eigenvalue weighted by Crippen LogP contribution is 2.26. The van der Waals surface area contributed by atoms with Gasteiger partial charge in [0.15, 0.2) is 0 Å². The van der Waals surface area contributed by atoms with Crippen LogP contribution < -0.4 is 4.74 Å². The van der Waals surface area contributed by atoms with Gasteiger partial charge in [-0.1, -0.05) is 24.3 Å². The first-order valence-corrected chi connectivity index (χ1v) is 6.00. The molecule has 1 aromatic heterocycles. The maximum absolute atomic E-state index is 5.17. The van der Waals surface area contributed by atoms with Crippen molar-refractivity contribution in [1.29, 1.82) is 0 Å². The molecule has 2 aromatic carbocycles. The number of nitrogens with one attached hydrogen (secondary N) is 1.